The Kier molecular flexibility index (Phi) is 8.03. The molecule has 2 N–H and O–H groups in total. The van der Waals surface area contributed by atoms with Crippen LogP contribution in [0.4, 0.5) is 5.69 Å². The first-order valence-electron chi connectivity index (χ1n) is 11.0. The molecule has 0 aromatic heterocycles. The van der Waals surface area contributed by atoms with Gasteiger partial charge in [0.05, 0.1) is 0 Å². The molecule has 2 amide bonds. The Labute approximate surface area is 189 Å². The molecule has 0 bridgehead atoms. The number of anilines is 1. The summed E-state index contributed by atoms with van der Waals surface area (Å²) in [6.07, 6.45) is 0.937. The Morgan fingerprint density at radius 3 is 2.34 bits per heavy atom. The monoisotopic (exact) mass is 430 g/mol. The number of para-hydroxylation sites is 1. The number of benzene rings is 3. The highest BCUT2D eigenvalue weighted by Crippen LogP contribution is 2.22. The summed E-state index contributed by atoms with van der Waals surface area (Å²) in [5.41, 5.74) is 4.69. The van der Waals surface area contributed by atoms with Gasteiger partial charge in [-0.05, 0) is 67.6 Å². The number of ether oxygens (including phenoxy) is 1. The third kappa shape index (κ3) is 6.20. The van der Waals surface area contributed by atoms with E-state index >= 15 is 0 Å². The fourth-order valence-corrected chi connectivity index (χ4v) is 3.44. The van der Waals surface area contributed by atoms with E-state index in [4.69, 9.17) is 4.74 Å². The van der Waals surface area contributed by atoms with Gasteiger partial charge in [0.2, 0.25) is 0 Å². The number of nitrogens with one attached hydrogen (secondary N) is 2. The number of carbonyl (C=O) groups is 2. The van der Waals surface area contributed by atoms with E-state index in [1.54, 1.807) is 31.2 Å². The second kappa shape index (κ2) is 11.1. The molecule has 0 aliphatic rings. The summed E-state index contributed by atoms with van der Waals surface area (Å²) in [6.45, 7) is 6.31. The van der Waals surface area contributed by atoms with Crippen LogP contribution in [0.5, 0.6) is 5.75 Å². The average molecular weight is 431 g/mol. The smallest absolute Gasteiger partial charge is 0.265 e. The Balaban J connectivity index is 1.52. The summed E-state index contributed by atoms with van der Waals surface area (Å²) in [5.74, 6) is 0.190. The van der Waals surface area contributed by atoms with Gasteiger partial charge in [-0.1, -0.05) is 55.5 Å². The minimum absolute atomic E-state index is 0.134. The fourth-order valence-electron chi connectivity index (χ4n) is 3.44. The number of amides is 2. The van der Waals surface area contributed by atoms with Gasteiger partial charge >= 0.3 is 0 Å². The molecule has 0 saturated heterocycles. The molecule has 0 aliphatic heterocycles. The second-order valence-electron chi connectivity index (χ2n) is 7.73. The van der Waals surface area contributed by atoms with Crippen LogP contribution in [0.25, 0.3) is 0 Å². The number of hydrogen-bond acceptors (Lipinski definition) is 3. The Morgan fingerprint density at radius 1 is 0.938 bits per heavy atom. The summed E-state index contributed by atoms with van der Waals surface area (Å²) < 4.78 is 5.79. The molecule has 0 heterocycles. The van der Waals surface area contributed by atoms with E-state index in [0.29, 0.717) is 17.9 Å². The van der Waals surface area contributed by atoms with Crippen molar-refractivity contribution in [3.8, 4) is 5.75 Å². The van der Waals surface area contributed by atoms with Crippen molar-refractivity contribution in [3.05, 3.63) is 95.1 Å². The van der Waals surface area contributed by atoms with Gasteiger partial charge in [0.25, 0.3) is 11.8 Å². The van der Waals surface area contributed by atoms with Crippen LogP contribution < -0.4 is 15.4 Å². The van der Waals surface area contributed by atoms with E-state index in [1.165, 1.54) is 5.56 Å². The maximum atomic E-state index is 12.6. The zero-order valence-electron chi connectivity index (χ0n) is 18.9. The van der Waals surface area contributed by atoms with Crippen molar-refractivity contribution in [2.24, 2.45) is 0 Å². The fraction of sp³-hybridized carbons (Fsp3) is 0.259. The third-order valence-electron chi connectivity index (χ3n) is 5.33. The van der Waals surface area contributed by atoms with Crippen molar-refractivity contribution in [3.63, 3.8) is 0 Å². The zero-order chi connectivity index (χ0) is 22.9. The second-order valence-corrected chi connectivity index (χ2v) is 7.73. The van der Waals surface area contributed by atoms with E-state index < -0.39 is 6.10 Å². The Hall–Kier alpha value is -3.60. The number of rotatable bonds is 9. The van der Waals surface area contributed by atoms with Crippen LogP contribution in [0.2, 0.25) is 0 Å². The number of aryl methyl sites for hydroxylation is 2. The van der Waals surface area contributed by atoms with Crippen LogP contribution in [0.3, 0.4) is 0 Å². The normalized spacial score (nSPS) is 11.5. The van der Waals surface area contributed by atoms with E-state index in [0.717, 1.165) is 29.7 Å². The van der Waals surface area contributed by atoms with E-state index in [-0.39, 0.29) is 11.8 Å². The molecule has 1 atom stereocenters. The van der Waals surface area contributed by atoms with Crippen LogP contribution in [0.1, 0.15) is 40.9 Å². The minimum Gasteiger partial charge on any atom is -0.481 e. The number of carbonyl (C=O) groups excluding carboxylic acids is 2. The van der Waals surface area contributed by atoms with Gasteiger partial charge in [-0.15, -0.1) is 0 Å². The third-order valence-corrected chi connectivity index (χ3v) is 5.33. The molecule has 0 fully saturated rings. The van der Waals surface area contributed by atoms with Gasteiger partial charge in [-0.2, -0.15) is 0 Å². The predicted octanol–water partition coefficient (Wildman–Crippen LogP) is 4.94. The average Bonchev–Trinajstić information content (AvgIpc) is 2.81. The standard InChI is InChI=1S/C27H30N2O3/c1-4-22-12-8-9-19(2)25(22)29-26(30)20(3)32-24-15-13-23(14-16-24)27(31)28-18-17-21-10-6-5-7-11-21/h5-16,20H,4,17-18H2,1-3H3,(H,28,31)(H,29,30). The van der Waals surface area contributed by atoms with Crippen molar-refractivity contribution in [1.29, 1.82) is 0 Å². The van der Waals surface area contributed by atoms with Crippen LogP contribution in [-0.4, -0.2) is 24.5 Å². The molecule has 1 unspecified atom stereocenters. The molecule has 3 rings (SSSR count). The Bertz CT molecular complexity index is 1050. The van der Waals surface area contributed by atoms with Gasteiger partial charge in [0.15, 0.2) is 6.10 Å². The summed E-state index contributed by atoms with van der Waals surface area (Å²) >= 11 is 0. The maximum absolute atomic E-state index is 12.6. The van der Waals surface area contributed by atoms with Crippen molar-refractivity contribution in [2.45, 2.75) is 39.7 Å². The van der Waals surface area contributed by atoms with Crippen LogP contribution in [0.15, 0.2) is 72.8 Å². The largest absolute Gasteiger partial charge is 0.481 e. The summed E-state index contributed by atoms with van der Waals surface area (Å²) in [7, 11) is 0. The SMILES string of the molecule is CCc1cccc(C)c1NC(=O)C(C)Oc1ccc(C(=O)NCCc2ccccc2)cc1. The summed E-state index contributed by atoms with van der Waals surface area (Å²) in [5, 5.41) is 5.91. The molecular weight excluding hydrogens is 400 g/mol. The highest BCUT2D eigenvalue weighted by molar-refractivity contribution is 5.96. The summed E-state index contributed by atoms with van der Waals surface area (Å²) in [4.78, 5) is 25.0. The summed E-state index contributed by atoms with van der Waals surface area (Å²) in [6, 6.07) is 22.8. The van der Waals surface area contributed by atoms with Gasteiger partial charge in [0.1, 0.15) is 5.75 Å². The molecule has 0 aliphatic carbocycles. The van der Waals surface area contributed by atoms with Gasteiger partial charge in [0, 0.05) is 17.8 Å². The number of hydrogen-bond donors (Lipinski definition) is 2. The highest BCUT2D eigenvalue weighted by Gasteiger charge is 2.17. The Morgan fingerprint density at radius 2 is 1.66 bits per heavy atom. The van der Waals surface area contributed by atoms with Crippen molar-refractivity contribution < 1.29 is 14.3 Å². The van der Waals surface area contributed by atoms with Gasteiger partial charge in [-0.3, -0.25) is 9.59 Å². The molecule has 0 radical (unpaired) electrons. The van der Waals surface area contributed by atoms with Crippen molar-refractivity contribution in [1.82, 2.24) is 5.32 Å². The molecule has 5 heteroatoms. The molecule has 32 heavy (non-hydrogen) atoms. The topological polar surface area (TPSA) is 67.4 Å². The highest BCUT2D eigenvalue weighted by atomic mass is 16.5. The van der Waals surface area contributed by atoms with Crippen LogP contribution in [0, 0.1) is 6.92 Å². The molecular formula is C27H30N2O3. The lowest BCUT2D eigenvalue weighted by Crippen LogP contribution is -2.30. The molecule has 3 aromatic carbocycles. The van der Waals surface area contributed by atoms with Crippen molar-refractivity contribution >= 4 is 17.5 Å². The van der Waals surface area contributed by atoms with E-state index in [1.807, 2.05) is 55.5 Å². The van der Waals surface area contributed by atoms with Gasteiger partial charge < -0.3 is 15.4 Å². The molecule has 166 valence electrons. The van der Waals surface area contributed by atoms with E-state index in [2.05, 4.69) is 17.6 Å². The lowest BCUT2D eigenvalue weighted by atomic mass is 10.1. The lowest BCUT2D eigenvalue weighted by molar-refractivity contribution is -0.122. The molecule has 5 nitrogen and oxygen atoms in total. The minimum atomic E-state index is -0.676. The molecule has 0 saturated carbocycles. The predicted molar refractivity (Wildman–Crippen MR) is 128 cm³/mol. The van der Waals surface area contributed by atoms with Crippen LogP contribution in [-0.2, 0) is 17.6 Å². The lowest BCUT2D eigenvalue weighted by Gasteiger charge is -2.18. The van der Waals surface area contributed by atoms with Crippen LogP contribution >= 0.6 is 0 Å². The molecule has 0 spiro atoms. The first kappa shape index (κ1) is 23.1. The maximum Gasteiger partial charge on any atom is 0.265 e. The zero-order valence-corrected chi connectivity index (χ0v) is 18.9. The molecule has 3 aromatic rings. The van der Waals surface area contributed by atoms with Crippen molar-refractivity contribution in [2.75, 3.05) is 11.9 Å². The van der Waals surface area contributed by atoms with E-state index in [9.17, 15) is 9.59 Å². The first-order valence-corrected chi connectivity index (χ1v) is 11.0. The van der Waals surface area contributed by atoms with Gasteiger partial charge in [-0.25, -0.2) is 0 Å². The first-order chi connectivity index (χ1) is 15.5. The quantitative estimate of drug-likeness (QED) is 0.505.